The van der Waals surface area contributed by atoms with Crippen LogP contribution in [0.5, 0.6) is 5.75 Å². The molecule has 0 bridgehead atoms. The Hall–Kier alpha value is -3.96. The first-order chi connectivity index (χ1) is 18.7. The van der Waals surface area contributed by atoms with Crippen LogP contribution in [0, 0.1) is 13.8 Å². The first kappa shape index (κ1) is 29.6. The van der Waals surface area contributed by atoms with Gasteiger partial charge in [-0.1, -0.05) is 24.8 Å². The topological polar surface area (TPSA) is 156 Å². The van der Waals surface area contributed by atoms with E-state index in [1.807, 2.05) is 26.0 Å². The molecule has 1 aromatic carbocycles. The quantitative estimate of drug-likeness (QED) is 0.131. The lowest BCUT2D eigenvalue weighted by molar-refractivity contribution is -0.144. The molecule has 39 heavy (non-hydrogen) atoms. The van der Waals surface area contributed by atoms with Gasteiger partial charge in [0.1, 0.15) is 30.5 Å². The van der Waals surface area contributed by atoms with Crippen molar-refractivity contribution >= 4 is 17.9 Å². The van der Waals surface area contributed by atoms with E-state index in [-0.39, 0.29) is 13.2 Å². The fourth-order valence-corrected chi connectivity index (χ4v) is 4.69. The van der Waals surface area contributed by atoms with E-state index in [1.165, 1.54) is 11.0 Å². The molecule has 3 rings (SSSR count). The smallest absolute Gasteiger partial charge is 0.407 e. The van der Waals surface area contributed by atoms with Crippen molar-refractivity contribution in [2.45, 2.75) is 57.7 Å². The molecule has 11 heteroatoms. The summed E-state index contributed by atoms with van der Waals surface area (Å²) in [5, 5.41) is 11.9. The van der Waals surface area contributed by atoms with E-state index < -0.39 is 29.5 Å². The highest BCUT2D eigenvalue weighted by Crippen LogP contribution is 2.34. The normalized spacial score (nSPS) is 17.4. The van der Waals surface area contributed by atoms with Crippen molar-refractivity contribution in [1.29, 1.82) is 0 Å². The van der Waals surface area contributed by atoms with Crippen LogP contribution in [0.4, 0.5) is 4.79 Å². The van der Waals surface area contributed by atoms with E-state index >= 15 is 0 Å². The summed E-state index contributed by atoms with van der Waals surface area (Å²) in [4.78, 5) is 43.2. The summed E-state index contributed by atoms with van der Waals surface area (Å²) in [6.07, 6.45) is 2.58. The minimum Gasteiger partial charge on any atom is -0.489 e. The van der Waals surface area contributed by atoms with E-state index in [4.69, 9.17) is 15.2 Å². The number of unbranched alkanes of at least 4 members (excludes halogenated alkanes) is 1. The van der Waals surface area contributed by atoms with E-state index in [1.54, 1.807) is 29.7 Å². The highest BCUT2D eigenvalue weighted by atomic mass is 16.5. The van der Waals surface area contributed by atoms with Crippen LogP contribution in [0.15, 0.2) is 49.1 Å². The second kappa shape index (κ2) is 13.7. The van der Waals surface area contributed by atoms with Crippen LogP contribution in [-0.2, 0) is 26.5 Å². The number of nitrogens with zero attached hydrogens (tertiary/aromatic N) is 2. The summed E-state index contributed by atoms with van der Waals surface area (Å²) >= 11 is 0. The predicted molar refractivity (Wildman–Crippen MR) is 144 cm³/mol. The number of benzene rings is 1. The Bertz CT molecular complexity index is 1150. The van der Waals surface area contributed by atoms with Gasteiger partial charge in [-0.25, -0.2) is 10.3 Å². The Morgan fingerprint density at radius 1 is 1.23 bits per heavy atom. The maximum atomic E-state index is 13.4. The number of aromatic nitrogens is 1. The molecule has 0 spiro atoms. The van der Waals surface area contributed by atoms with Crippen LogP contribution >= 0.6 is 0 Å². The monoisotopic (exact) mass is 539 g/mol. The summed E-state index contributed by atoms with van der Waals surface area (Å²) in [6.45, 7) is 8.44. The summed E-state index contributed by atoms with van der Waals surface area (Å²) in [7, 11) is 0. The first-order valence-electron chi connectivity index (χ1n) is 12.9. The number of likely N-dealkylation sites (tertiary alicyclic amines) is 1. The van der Waals surface area contributed by atoms with E-state index in [0.717, 1.165) is 17.0 Å². The van der Waals surface area contributed by atoms with Crippen LogP contribution < -0.4 is 21.3 Å². The molecular weight excluding hydrogens is 502 g/mol. The number of hydrogen-bond donors (Lipinski definition) is 4. The van der Waals surface area contributed by atoms with Gasteiger partial charge >= 0.3 is 6.09 Å². The number of rotatable bonds is 13. The molecule has 3 amide bonds. The van der Waals surface area contributed by atoms with E-state index in [2.05, 4.69) is 16.9 Å². The Balaban J connectivity index is 1.58. The van der Waals surface area contributed by atoms with Gasteiger partial charge in [-0.15, -0.1) is 0 Å². The number of alkyl carbamates (subject to hydrolysis) is 1. The number of carbonyl (C=O) groups is 3. The standard InChI is InChI=1S/C28H37N5O6/c1-4-15-38-27(36)30-13-6-5-7-24(25(34)32-37)33-14-12-28(29,26(33)35)22-8-10-23(11-9-22)39-18-21-16-19(2)31-20(3)17-21/h4,8-11,16-17,24,37H,1,5-7,12-15,18,29H2,2-3H3,(H,30,36)(H,32,34)/t24-,28-/m1/s1. The number of nitrogens with one attached hydrogen (secondary N) is 2. The molecule has 0 saturated carbocycles. The number of aryl methyl sites for hydroxylation is 2. The zero-order valence-electron chi connectivity index (χ0n) is 22.4. The average Bonchev–Trinajstić information content (AvgIpc) is 3.22. The molecule has 11 nitrogen and oxygen atoms in total. The molecule has 2 atom stereocenters. The molecule has 1 saturated heterocycles. The molecule has 1 aromatic heterocycles. The molecule has 1 aliphatic heterocycles. The van der Waals surface area contributed by atoms with Gasteiger partial charge in [0.05, 0.1) is 0 Å². The van der Waals surface area contributed by atoms with Crippen LogP contribution in [0.25, 0.3) is 0 Å². The Morgan fingerprint density at radius 2 is 1.92 bits per heavy atom. The van der Waals surface area contributed by atoms with Crippen LogP contribution in [0.1, 0.15) is 48.2 Å². The van der Waals surface area contributed by atoms with Crippen molar-refractivity contribution in [2.24, 2.45) is 5.73 Å². The van der Waals surface area contributed by atoms with Crippen molar-refractivity contribution in [1.82, 2.24) is 20.7 Å². The van der Waals surface area contributed by atoms with Crippen molar-refractivity contribution < 1.29 is 29.1 Å². The second-order valence-electron chi connectivity index (χ2n) is 9.59. The molecular formula is C28H37N5O6. The van der Waals surface area contributed by atoms with Crippen LogP contribution in [0.2, 0.25) is 0 Å². The number of nitrogens with two attached hydrogens (primary N) is 1. The van der Waals surface area contributed by atoms with Gasteiger partial charge in [0.25, 0.3) is 5.91 Å². The third-order valence-electron chi connectivity index (χ3n) is 6.60. The molecule has 0 radical (unpaired) electrons. The van der Waals surface area contributed by atoms with Gasteiger partial charge in [0, 0.05) is 24.5 Å². The maximum absolute atomic E-state index is 13.4. The Kier molecular flexibility index (Phi) is 10.4. The maximum Gasteiger partial charge on any atom is 0.407 e. The lowest BCUT2D eigenvalue weighted by Gasteiger charge is -2.29. The van der Waals surface area contributed by atoms with Crippen LogP contribution in [-0.4, -0.2) is 58.7 Å². The number of hydrogen-bond acceptors (Lipinski definition) is 8. The molecule has 1 fully saturated rings. The van der Waals surface area contributed by atoms with Crippen molar-refractivity contribution in [2.75, 3.05) is 19.7 Å². The zero-order valence-corrected chi connectivity index (χ0v) is 22.4. The third-order valence-corrected chi connectivity index (χ3v) is 6.60. The fraction of sp³-hybridized carbons (Fsp3) is 0.429. The van der Waals surface area contributed by atoms with Gasteiger partial charge < -0.3 is 25.4 Å². The van der Waals surface area contributed by atoms with Gasteiger partial charge in [0.2, 0.25) is 5.91 Å². The number of amides is 3. The first-order valence-corrected chi connectivity index (χ1v) is 12.9. The summed E-state index contributed by atoms with van der Waals surface area (Å²) in [5.41, 5.74) is 10.4. The van der Waals surface area contributed by atoms with E-state index in [9.17, 15) is 19.6 Å². The largest absolute Gasteiger partial charge is 0.489 e. The Labute approximate surface area is 228 Å². The third kappa shape index (κ3) is 7.78. The molecule has 210 valence electrons. The van der Waals surface area contributed by atoms with Gasteiger partial charge in [-0.05, 0) is 74.9 Å². The number of ether oxygens (including phenoxy) is 2. The lowest BCUT2D eigenvalue weighted by Crippen LogP contribution is -2.52. The van der Waals surface area contributed by atoms with Gasteiger partial charge in [-0.2, -0.15) is 0 Å². The molecule has 0 aliphatic carbocycles. The molecule has 1 aliphatic rings. The second-order valence-corrected chi connectivity index (χ2v) is 9.59. The molecule has 5 N–H and O–H groups in total. The highest BCUT2D eigenvalue weighted by Gasteiger charge is 2.48. The van der Waals surface area contributed by atoms with Gasteiger partial charge in [-0.3, -0.25) is 19.8 Å². The predicted octanol–water partition coefficient (Wildman–Crippen LogP) is 2.62. The van der Waals surface area contributed by atoms with Gasteiger partial charge in [0.15, 0.2) is 0 Å². The zero-order chi connectivity index (χ0) is 28.4. The van der Waals surface area contributed by atoms with Crippen molar-refractivity contribution in [3.8, 4) is 5.75 Å². The summed E-state index contributed by atoms with van der Waals surface area (Å²) < 4.78 is 10.7. The summed E-state index contributed by atoms with van der Waals surface area (Å²) in [5.74, 6) is -0.439. The minimum absolute atomic E-state index is 0.114. The minimum atomic E-state index is -1.30. The lowest BCUT2D eigenvalue weighted by atomic mass is 9.89. The average molecular weight is 540 g/mol. The number of carbonyl (C=O) groups excluding carboxylic acids is 3. The SMILES string of the molecule is C=CCOC(=O)NCCCC[C@H](C(=O)NO)N1CC[C@@](N)(c2ccc(OCc3cc(C)nc(C)c3)cc2)C1=O. The van der Waals surface area contributed by atoms with Crippen molar-refractivity contribution in [3.63, 3.8) is 0 Å². The van der Waals surface area contributed by atoms with Crippen LogP contribution in [0.3, 0.4) is 0 Å². The Morgan fingerprint density at radius 3 is 2.56 bits per heavy atom. The number of pyridine rings is 1. The molecule has 0 unspecified atom stereocenters. The highest BCUT2D eigenvalue weighted by molar-refractivity contribution is 5.94. The molecule has 2 aromatic rings. The molecule has 2 heterocycles. The van der Waals surface area contributed by atoms with Crippen molar-refractivity contribution in [3.05, 3.63) is 71.6 Å². The number of hydroxylamine groups is 1. The van der Waals surface area contributed by atoms with E-state index in [0.29, 0.717) is 50.1 Å². The fourth-order valence-electron chi connectivity index (χ4n) is 4.69. The summed E-state index contributed by atoms with van der Waals surface area (Å²) in [6, 6.07) is 10.1.